The molecule has 130 valence electrons. The number of halogens is 2. The highest BCUT2D eigenvalue weighted by Crippen LogP contribution is 2.28. The number of rotatable bonds is 4. The van der Waals surface area contributed by atoms with E-state index in [4.69, 9.17) is 4.74 Å². The first kappa shape index (κ1) is 20.0. The lowest BCUT2D eigenvalue weighted by Crippen LogP contribution is -2.44. The quantitative estimate of drug-likeness (QED) is 0.447. The maximum atomic E-state index is 13.6. The van der Waals surface area contributed by atoms with Crippen molar-refractivity contribution in [3.8, 4) is 5.75 Å². The summed E-state index contributed by atoms with van der Waals surface area (Å²) in [7, 11) is 1.79. The van der Waals surface area contributed by atoms with Gasteiger partial charge in [0.2, 0.25) is 0 Å². The molecule has 0 aromatic heterocycles. The molecule has 0 aliphatic carbocycles. The number of para-hydroxylation sites is 1. The minimum atomic E-state index is -0.333. The van der Waals surface area contributed by atoms with Gasteiger partial charge in [-0.15, -0.1) is 24.0 Å². The second kappa shape index (κ2) is 8.70. The molecule has 6 heteroatoms. The van der Waals surface area contributed by atoms with E-state index in [1.54, 1.807) is 25.2 Å². The molecular formula is C17H27FIN3O. The summed E-state index contributed by atoms with van der Waals surface area (Å²) in [6.45, 7) is 9.04. The zero-order chi connectivity index (χ0) is 16.2. The molecule has 23 heavy (non-hydrogen) atoms. The molecule has 1 aromatic carbocycles. The molecule has 2 rings (SSSR count). The summed E-state index contributed by atoms with van der Waals surface area (Å²) >= 11 is 0. The summed E-state index contributed by atoms with van der Waals surface area (Å²) in [5, 5.41) is 3.32. The molecule has 1 unspecified atom stereocenters. The molecule has 4 nitrogen and oxygen atoms in total. The molecular weight excluding hydrogens is 408 g/mol. The Hall–Kier alpha value is -1.05. The SMILES string of the molecule is CN=C(NCC(C)Oc1ccccc1F)N1CCC(C)(C)C1.I. The normalized spacial score (nSPS) is 18.3. The van der Waals surface area contributed by atoms with Gasteiger partial charge in [-0.3, -0.25) is 4.99 Å². The fourth-order valence-electron chi connectivity index (χ4n) is 2.66. The number of hydrogen-bond acceptors (Lipinski definition) is 2. The molecule has 0 radical (unpaired) electrons. The van der Waals surface area contributed by atoms with Crippen molar-refractivity contribution in [2.45, 2.75) is 33.3 Å². The van der Waals surface area contributed by atoms with Crippen LogP contribution in [-0.4, -0.2) is 43.6 Å². The Kier molecular flexibility index (Phi) is 7.57. The van der Waals surface area contributed by atoms with Crippen LogP contribution in [-0.2, 0) is 0 Å². The van der Waals surface area contributed by atoms with Crippen molar-refractivity contribution in [3.05, 3.63) is 30.1 Å². The standard InChI is InChI=1S/C17H26FN3O.HI/c1-13(22-15-8-6-5-7-14(15)18)11-20-16(19-4)21-10-9-17(2,3)12-21;/h5-8,13H,9-12H2,1-4H3,(H,19,20);1H. The smallest absolute Gasteiger partial charge is 0.193 e. The van der Waals surface area contributed by atoms with E-state index in [1.807, 2.05) is 6.92 Å². The van der Waals surface area contributed by atoms with Gasteiger partial charge in [-0.25, -0.2) is 4.39 Å². The van der Waals surface area contributed by atoms with Crippen LogP contribution in [0.1, 0.15) is 27.2 Å². The van der Waals surface area contributed by atoms with Crippen LogP contribution < -0.4 is 10.1 Å². The van der Waals surface area contributed by atoms with Gasteiger partial charge < -0.3 is 15.0 Å². The number of benzene rings is 1. The molecule has 1 aromatic rings. The van der Waals surface area contributed by atoms with Gasteiger partial charge in [0, 0.05) is 20.1 Å². The molecule has 0 bridgehead atoms. The number of ether oxygens (including phenoxy) is 1. The van der Waals surface area contributed by atoms with Crippen molar-refractivity contribution < 1.29 is 9.13 Å². The molecule has 0 amide bonds. The first-order valence-corrected chi connectivity index (χ1v) is 7.78. The van der Waals surface area contributed by atoms with E-state index in [-0.39, 0.29) is 41.6 Å². The fourth-order valence-corrected chi connectivity index (χ4v) is 2.66. The second-order valence-electron chi connectivity index (χ2n) is 6.62. The van der Waals surface area contributed by atoms with Crippen LogP contribution in [0.25, 0.3) is 0 Å². The highest BCUT2D eigenvalue weighted by molar-refractivity contribution is 14.0. The number of hydrogen-bond donors (Lipinski definition) is 1. The predicted molar refractivity (Wildman–Crippen MR) is 103 cm³/mol. The molecule has 1 atom stereocenters. The van der Waals surface area contributed by atoms with E-state index < -0.39 is 0 Å². The predicted octanol–water partition coefficient (Wildman–Crippen LogP) is 3.52. The second-order valence-corrected chi connectivity index (χ2v) is 6.62. The molecule has 1 aliphatic rings. The lowest BCUT2D eigenvalue weighted by atomic mass is 9.93. The van der Waals surface area contributed by atoms with Crippen LogP contribution in [0.2, 0.25) is 0 Å². The highest BCUT2D eigenvalue weighted by atomic mass is 127. The maximum absolute atomic E-state index is 13.6. The van der Waals surface area contributed by atoms with E-state index in [0.29, 0.717) is 12.0 Å². The van der Waals surface area contributed by atoms with Crippen LogP contribution in [0.5, 0.6) is 5.75 Å². The van der Waals surface area contributed by atoms with Gasteiger partial charge in [0.25, 0.3) is 0 Å². The summed E-state index contributed by atoms with van der Waals surface area (Å²) in [4.78, 5) is 6.59. The first-order chi connectivity index (χ1) is 10.4. The third-order valence-corrected chi connectivity index (χ3v) is 3.90. The van der Waals surface area contributed by atoms with Crippen LogP contribution in [0.3, 0.4) is 0 Å². The summed E-state index contributed by atoms with van der Waals surface area (Å²) in [6, 6.07) is 6.47. The Morgan fingerprint density at radius 3 is 2.70 bits per heavy atom. The van der Waals surface area contributed by atoms with E-state index in [1.165, 1.54) is 6.07 Å². The van der Waals surface area contributed by atoms with Crippen LogP contribution in [0, 0.1) is 11.2 Å². The number of nitrogens with zero attached hydrogens (tertiary/aromatic N) is 2. The van der Waals surface area contributed by atoms with Gasteiger partial charge in [-0.1, -0.05) is 26.0 Å². The Morgan fingerprint density at radius 1 is 1.43 bits per heavy atom. The van der Waals surface area contributed by atoms with Crippen molar-refractivity contribution in [2.24, 2.45) is 10.4 Å². The average molecular weight is 435 g/mol. The molecule has 1 heterocycles. The largest absolute Gasteiger partial charge is 0.486 e. The lowest BCUT2D eigenvalue weighted by Gasteiger charge is -2.25. The van der Waals surface area contributed by atoms with Gasteiger partial charge in [-0.2, -0.15) is 0 Å². The molecule has 1 N–H and O–H groups in total. The van der Waals surface area contributed by atoms with Crippen molar-refractivity contribution in [1.29, 1.82) is 0 Å². The van der Waals surface area contributed by atoms with Crippen molar-refractivity contribution in [1.82, 2.24) is 10.2 Å². The van der Waals surface area contributed by atoms with Crippen molar-refractivity contribution in [3.63, 3.8) is 0 Å². The minimum absolute atomic E-state index is 0. The monoisotopic (exact) mass is 435 g/mol. The number of aliphatic imine (C=N–C) groups is 1. The van der Waals surface area contributed by atoms with Crippen LogP contribution >= 0.6 is 24.0 Å². The Labute approximate surface area is 155 Å². The molecule has 1 aliphatic heterocycles. The summed E-state index contributed by atoms with van der Waals surface area (Å²) in [6.07, 6.45) is 1.01. The maximum Gasteiger partial charge on any atom is 0.193 e. The zero-order valence-corrected chi connectivity index (χ0v) is 16.6. The van der Waals surface area contributed by atoms with Gasteiger partial charge in [0.05, 0.1) is 6.54 Å². The fraction of sp³-hybridized carbons (Fsp3) is 0.588. The highest BCUT2D eigenvalue weighted by Gasteiger charge is 2.30. The van der Waals surface area contributed by atoms with E-state index in [0.717, 1.165) is 25.5 Å². The van der Waals surface area contributed by atoms with Crippen LogP contribution in [0.4, 0.5) is 4.39 Å². The third kappa shape index (κ3) is 5.82. The molecule has 0 spiro atoms. The topological polar surface area (TPSA) is 36.9 Å². The third-order valence-electron chi connectivity index (χ3n) is 3.90. The van der Waals surface area contributed by atoms with Gasteiger partial charge >= 0.3 is 0 Å². The molecule has 1 saturated heterocycles. The average Bonchev–Trinajstić information content (AvgIpc) is 2.82. The van der Waals surface area contributed by atoms with Crippen molar-refractivity contribution in [2.75, 3.05) is 26.7 Å². The zero-order valence-electron chi connectivity index (χ0n) is 14.3. The number of guanidine groups is 1. The summed E-state index contributed by atoms with van der Waals surface area (Å²) in [5.41, 5.74) is 0.326. The minimum Gasteiger partial charge on any atom is -0.486 e. The molecule has 0 saturated carbocycles. The Morgan fingerprint density at radius 2 is 2.13 bits per heavy atom. The van der Waals surface area contributed by atoms with E-state index in [2.05, 4.69) is 29.1 Å². The van der Waals surface area contributed by atoms with Gasteiger partial charge in [0.1, 0.15) is 6.10 Å². The van der Waals surface area contributed by atoms with E-state index >= 15 is 0 Å². The lowest BCUT2D eigenvalue weighted by molar-refractivity contribution is 0.212. The number of nitrogens with one attached hydrogen (secondary N) is 1. The Bertz CT molecular complexity index is 536. The Balaban J connectivity index is 0.00000264. The van der Waals surface area contributed by atoms with E-state index in [9.17, 15) is 4.39 Å². The van der Waals surface area contributed by atoms with Gasteiger partial charge in [-0.05, 0) is 30.9 Å². The van der Waals surface area contributed by atoms with Crippen molar-refractivity contribution >= 4 is 29.9 Å². The first-order valence-electron chi connectivity index (χ1n) is 7.78. The molecule has 1 fully saturated rings. The summed E-state index contributed by atoms with van der Waals surface area (Å²) < 4.78 is 19.2. The number of likely N-dealkylation sites (tertiary alicyclic amines) is 1. The van der Waals surface area contributed by atoms with Crippen LogP contribution in [0.15, 0.2) is 29.3 Å². The summed E-state index contributed by atoms with van der Waals surface area (Å²) in [5.74, 6) is 0.837. The van der Waals surface area contributed by atoms with Gasteiger partial charge in [0.15, 0.2) is 17.5 Å².